The van der Waals surface area contributed by atoms with Crippen molar-refractivity contribution < 1.29 is 14.3 Å². The quantitative estimate of drug-likeness (QED) is 0.129. The van der Waals surface area contributed by atoms with E-state index in [9.17, 15) is 4.79 Å². The summed E-state index contributed by atoms with van der Waals surface area (Å²) in [5, 5.41) is 3.60. The van der Waals surface area contributed by atoms with Crippen LogP contribution in [-0.2, 0) is 10.3 Å². The number of rotatable bonds is 12. The molecule has 0 radical (unpaired) electrons. The smallest absolute Gasteiger partial charge is 0.340 e. The van der Waals surface area contributed by atoms with Gasteiger partial charge in [0.25, 0.3) is 0 Å². The van der Waals surface area contributed by atoms with Crippen LogP contribution in [0.2, 0.25) is 0 Å². The third-order valence-corrected chi connectivity index (χ3v) is 9.07. The molecule has 2 aliphatic heterocycles. The molecule has 4 aromatic carbocycles. The van der Waals surface area contributed by atoms with Crippen LogP contribution in [-0.4, -0.2) is 19.1 Å². The number of nitrogens with zero attached hydrogens (tertiary/aromatic N) is 1. The number of hydrogen-bond acceptors (Lipinski definition) is 5. The number of carbonyl (C=O) groups is 1. The SMILES string of the molecule is CCCCCCCCN(CC(C)C)c1ccc2c(c1)Oc1cc(C)c(Nc3cccc(C)c3)cc1C21OC(=O)c2ccccc21. The van der Waals surface area contributed by atoms with E-state index >= 15 is 0 Å². The standard InChI is InChI=1S/C40H46N2O3/c1-6-7-8-9-10-13-21-42(26-27(2)3)31-19-20-34-38(24-31)44-37-23-29(5)36(41-30-16-14-15-28(4)22-30)25-35(37)40(34)33-18-12-11-17-32(33)39(43)45-40/h11-12,14-20,22-25,27,41H,6-10,13,21,26H2,1-5H3. The maximum Gasteiger partial charge on any atom is 0.340 e. The fourth-order valence-electron chi connectivity index (χ4n) is 6.87. The second-order valence-corrected chi connectivity index (χ2v) is 13.2. The van der Waals surface area contributed by atoms with Gasteiger partial charge < -0.3 is 19.7 Å². The third-order valence-electron chi connectivity index (χ3n) is 9.07. The van der Waals surface area contributed by atoms with Crippen LogP contribution in [0.3, 0.4) is 0 Å². The van der Waals surface area contributed by atoms with Crippen LogP contribution in [0.15, 0.2) is 78.9 Å². The van der Waals surface area contributed by atoms with Gasteiger partial charge in [-0.3, -0.25) is 0 Å². The lowest BCUT2D eigenvalue weighted by Gasteiger charge is -2.38. The van der Waals surface area contributed by atoms with Crippen LogP contribution in [0.1, 0.15) is 97.5 Å². The van der Waals surface area contributed by atoms with E-state index in [4.69, 9.17) is 9.47 Å². The lowest BCUT2D eigenvalue weighted by atomic mass is 9.77. The Balaban J connectivity index is 1.41. The molecule has 0 amide bonds. The van der Waals surface area contributed by atoms with Gasteiger partial charge >= 0.3 is 5.97 Å². The van der Waals surface area contributed by atoms with Gasteiger partial charge in [0.2, 0.25) is 0 Å². The molecule has 0 saturated heterocycles. The fourth-order valence-corrected chi connectivity index (χ4v) is 6.87. The molecular formula is C40H46N2O3. The highest BCUT2D eigenvalue weighted by Crippen LogP contribution is 2.57. The molecule has 5 heteroatoms. The van der Waals surface area contributed by atoms with Gasteiger partial charge in [0.1, 0.15) is 11.5 Å². The van der Waals surface area contributed by atoms with E-state index in [1.54, 1.807) is 0 Å². The highest BCUT2D eigenvalue weighted by Gasteiger charge is 2.53. The van der Waals surface area contributed by atoms with E-state index in [1.807, 2.05) is 30.3 Å². The molecule has 0 saturated carbocycles. The third kappa shape index (κ3) is 6.05. The van der Waals surface area contributed by atoms with Crippen molar-refractivity contribution in [1.29, 1.82) is 0 Å². The normalized spacial score (nSPS) is 16.2. The van der Waals surface area contributed by atoms with Crippen molar-refractivity contribution >= 4 is 23.0 Å². The lowest BCUT2D eigenvalue weighted by Crippen LogP contribution is -2.34. The van der Waals surface area contributed by atoms with E-state index in [1.165, 1.54) is 44.1 Å². The summed E-state index contributed by atoms with van der Waals surface area (Å²) >= 11 is 0. The molecule has 1 N–H and O–H groups in total. The molecule has 1 atom stereocenters. The molecule has 45 heavy (non-hydrogen) atoms. The largest absolute Gasteiger partial charge is 0.456 e. The number of hydrogen-bond donors (Lipinski definition) is 1. The minimum Gasteiger partial charge on any atom is -0.456 e. The molecule has 5 nitrogen and oxygen atoms in total. The molecule has 4 aromatic rings. The van der Waals surface area contributed by atoms with Crippen molar-refractivity contribution in [1.82, 2.24) is 0 Å². The molecule has 2 aliphatic rings. The predicted octanol–water partition coefficient (Wildman–Crippen LogP) is 10.4. The lowest BCUT2D eigenvalue weighted by molar-refractivity contribution is 0.0224. The van der Waals surface area contributed by atoms with Gasteiger partial charge in [0.05, 0.1) is 5.56 Å². The molecule has 0 aliphatic carbocycles. The summed E-state index contributed by atoms with van der Waals surface area (Å²) in [4.78, 5) is 16.0. The number of nitrogens with one attached hydrogen (secondary N) is 1. The summed E-state index contributed by atoms with van der Waals surface area (Å²) in [6, 6.07) is 26.7. The van der Waals surface area contributed by atoms with Crippen LogP contribution in [0.25, 0.3) is 0 Å². The Hall–Kier alpha value is -4.25. The van der Waals surface area contributed by atoms with E-state index in [0.29, 0.717) is 17.2 Å². The predicted molar refractivity (Wildman–Crippen MR) is 184 cm³/mol. The topological polar surface area (TPSA) is 50.8 Å². The highest BCUT2D eigenvalue weighted by molar-refractivity contribution is 5.97. The number of unbranched alkanes of at least 4 members (excludes halogenated alkanes) is 5. The van der Waals surface area contributed by atoms with E-state index in [2.05, 4.69) is 93.4 Å². The number of carbonyl (C=O) groups excluding carboxylic acids is 1. The summed E-state index contributed by atoms with van der Waals surface area (Å²) in [7, 11) is 0. The van der Waals surface area contributed by atoms with Gasteiger partial charge in [-0.25, -0.2) is 4.79 Å². The summed E-state index contributed by atoms with van der Waals surface area (Å²) in [5.41, 5.74) is 7.35. The van der Waals surface area contributed by atoms with Crippen LogP contribution in [0.5, 0.6) is 11.5 Å². The Morgan fingerprint density at radius 2 is 1.58 bits per heavy atom. The Kier molecular flexibility index (Phi) is 8.89. The number of anilines is 3. The molecule has 6 rings (SSSR count). The van der Waals surface area contributed by atoms with Gasteiger partial charge in [-0.15, -0.1) is 0 Å². The zero-order chi connectivity index (χ0) is 31.6. The first-order chi connectivity index (χ1) is 21.8. The number of benzene rings is 4. The molecular weight excluding hydrogens is 556 g/mol. The first-order valence-corrected chi connectivity index (χ1v) is 16.7. The monoisotopic (exact) mass is 602 g/mol. The zero-order valence-corrected chi connectivity index (χ0v) is 27.4. The van der Waals surface area contributed by atoms with Crippen molar-refractivity contribution in [2.75, 3.05) is 23.3 Å². The number of aryl methyl sites for hydroxylation is 2. The Bertz CT molecular complexity index is 1690. The van der Waals surface area contributed by atoms with Crippen LogP contribution in [0.4, 0.5) is 17.1 Å². The minimum absolute atomic E-state index is 0.313. The second-order valence-electron chi connectivity index (χ2n) is 13.2. The highest BCUT2D eigenvalue weighted by atomic mass is 16.6. The molecule has 0 fully saturated rings. The van der Waals surface area contributed by atoms with Crippen LogP contribution in [0, 0.1) is 19.8 Å². The summed E-state index contributed by atoms with van der Waals surface area (Å²) in [6.45, 7) is 13.0. The number of esters is 1. The van der Waals surface area contributed by atoms with Gasteiger partial charge in [-0.05, 0) is 79.8 Å². The minimum atomic E-state index is -1.10. The maximum atomic E-state index is 13.5. The van der Waals surface area contributed by atoms with Gasteiger partial charge in [0, 0.05) is 52.9 Å². The van der Waals surface area contributed by atoms with Crippen molar-refractivity contribution in [3.05, 3.63) is 112 Å². The average Bonchev–Trinajstić information content (AvgIpc) is 3.31. The molecule has 1 unspecified atom stereocenters. The van der Waals surface area contributed by atoms with Crippen molar-refractivity contribution in [2.45, 2.75) is 78.7 Å². The Morgan fingerprint density at radius 3 is 2.38 bits per heavy atom. The van der Waals surface area contributed by atoms with Crippen molar-refractivity contribution in [2.24, 2.45) is 5.92 Å². The summed E-state index contributed by atoms with van der Waals surface area (Å²) in [6.07, 6.45) is 7.61. The van der Waals surface area contributed by atoms with Crippen LogP contribution >= 0.6 is 0 Å². The van der Waals surface area contributed by atoms with Crippen molar-refractivity contribution in [3.8, 4) is 11.5 Å². The molecule has 2 heterocycles. The summed E-state index contributed by atoms with van der Waals surface area (Å²) < 4.78 is 13.2. The van der Waals surface area contributed by atoms with Crippen molar-refractivity contribution in [3.63, 3.8) is 0 Å². The van der Waals surface area contributed by atoms with Gasteiger partial charge in [0.15, 0.2) is 5.60 Å². The second kappa shape index (κ2) is 13.0. The van der Waals surface area contributed by atoms with E-state index in [0.717, 1.165) is 58.2 Å². The first-order valence-electron chi connectivity index (χ1n) is 16.7. The molecule has 0 bridgehead atoms. The van der Waals surface area contributed by atoms with Gasteiger partial charge in [-0.2, -0.15) is 0 Å². The molecule has 234 valence electrons. The van der Waals surface area contributed by atoms with Crippen LogP contribution < -0.4 is 15.0 Å². The molecule has 0 aromatic heterocycles. The van der Waals surface area contributed by atoms with E-state index < -0.39 is 5.60 Å². The Morgan fingerprint density at radius 1 is 0.800 bits per heavy atom. The van der Waals surface area contributed by atoms with Gasteiger partial charge in [-0.1, -0.05) is 83.2 Å². The average molecular weight is 603 g/mol. The summed E-state index contributed by atoms with van der Waals surface area (Å²) in [5.74, 6) is 1.66. The Labute approximate surface area is 268 Å². The fraction of sp³-hybridized carbons (Fsp3) is 0.375. The number of ether oxygens (including phenoxy) is 2. The zero-order valence-electron chi connectivity index (χ0n) is 27.4. The first kappa shape index (κ1) is 30.8. The van der Waals surface area contributed by atoms with E-state index in [-0.39, 0.29) is 5.97 Å². The molecule has 1 spiro atoms. The number of fused-ring (bicyclic) bond motifs is 6. The maximum absolute atomic E-state index is 13.5.